The largest absolute Gasteiger partial charge is 0.454 e. The standard InChI is InChI=1S/C9H12N4OS/c1-13-6-11-12-9(13)15-8-3-2-7(14-8)4-5-10/h2-3,6H,4-5,10H2,1H3. The van der Waals surface area contributed by atoms with Crippen molar-refractivity contribution in [2.75, 3.05) is 6.54 Å². The summed E-state index contributed by atoms with van der Waals surface area (Å²) in [6.45, 7) is 0.599. The molecule has 0 radical (unpaired) electrons. The molecular weight excluding hydrogens is 212 g/mol. The quantitative estimate of drug-likeness (QED) is 0.841. The van der Waals surface area contributed by atoms with Crippen LogP contribution in [-0.4, -0.2) is 21.3 Å². The van der Waals surface area contributed by atoms with E-state index in [-0.39, 0.29) is 0 Å². The Hall–Kier alpha value is -1.27. The van der Waals surface area contributed by atoms with Crippen molar-refractivity contribution < 1.29 is 4.42 Å². The molecule has 2 N–H and O–H groups in total. The molecule has 15 heavy (non-hydrogen) atoms. The second-order valence-electron chi connectivity index (χ2n) is 3.09. The fourth-order valence-electron chi connectivity index (χ4n) is 1.14. The number of rotatable bonds is 4. The molecule has 0 unspecified atom stereocenters. The number of aromatic nitrogens is 3. The number of aryl methyl sites for hydroxylation is 1. The van der Waals surface area contributed by atoms with Gasteiger partial charge in [-0.3, -0.25) is 0 Å². The molecule has 0 amide bonds. The van der Waals surface area contributed by atoms with Gasteiger partial charge in [0, 0.05) is 13.5 Å². The van der Waals surface area contributed by atoms with Gasteiger partial charge >= 0.3 is 0 Å². The summed E-state index contributed by atoms with van der Waals surface area (Å²) >= 11 is 1.45. The Bertz CT molecular complexity index is 437. The van der Waals surface area contributed by atoms with Gasteiger partial charge in [0.05, 0.1) is 0 Å². The minimum atomic E-state index is 0.599. The summed E-state index contributed by atoms with van der Waals surface area (Å²) in [5.41, 5.74) is 5.44. The molecule has 2 heterocycles. The summed E-state index contributed by atoms with van der Waals surface area (Å²) in [6, 6.07) is 3.86. The summed E-state index contributed by atoms with van der Waals surface area (Å²) in [6.07, 6.45) is 2.42. The van der Waals surface area contributed by atoms with Crippen LogP contribution in [0.15, 0.2) is 33.1 Å². The van der Waals surface area contributed by atoms with Crippen LogP contribution in [0, 0.1) is 0 Å². The van der Waals surface area contributed by atoms with Crippen molar-refractivity contribution in [1.29, 1.82) is 0 Å². The third-order valence-electron chi connectivity index (χ3n) is 1.89. The molecule has 2 aromatic heterocycles. The van der Waals surface area contributed by atoms with Crippen LogP contribution in [0.2, 0.25) is 0 Å². The lowest BCUT2D eigenvalue weighted by Gasteiger charge is -1.96. The van der Waals surface area contributed by atoms with Crippen LogP contribution in [0.5, 0.6) is 0 Å². The average Bonchev–Trinajstić information content (AvgIpc) is 2.79. The molecule has 2 rings (SSSR count). The molecule has 0 aromatic carbocycles. The summed E-state index contributed by atoms with van der Waals surface area (Å²) in [7, 11) is 1.89. The van der Waals surface area contributed by atoms with Crippen molar-refractivity contribution in [2.45, 2.75) is 16.7 Å². The lowest BCUT2D eigenvalue weighted by atomic mass is 10.3. The summed E-state index contributed by atoms with van der Waals surface area (Å²) < 4.78 is 7.40. The number of nitrogens with zero attached hydrogens (tertiary/aromatic N) is 3. The van der Waals surface area contributed by atoms with Crippen molar-refractivity contribution in [1.82, 2.24) is 14.8 Å². The van der Waals surface area contributed by atoms with E-state index < -0.39 is 0 Å². The third kappa shape index (κ3) is 2.40. The molecule has 0 fully saturated rings. The van der Waals surface area contributed by atoms with Gasteiger partial charge in [-0.05, 0) is 30.4 Å². The molecule has 0 atom stereocenters. The van der Waals surface area contributed by atoms with Gasteiger partial charge in [-0.15, -0.1) is 10.2 Å². The molecule has 2 aromatic rings. The van der Waals surface area contributed by atoms with Gasteiger partial charge < -0.3 is 14.7 Å². The van der Waals surface area contributed by atoms with E-state index in [4.69, 9.17) is 10.2 Å². The minimum Gasteiger partial charge on any atom is -0.454 e. The van der Waals surface area contributed by atoms with Crippen LogP contribution in [0.1, 0.15) is 5.76 Å². The van der Waals surface area contributed by atoms with Crippen LogP contribution >= 0.6 is 11.8 Å². The zero-order valence-electron chi connectivity index (χ0n) is 8.38. The minimum absolute atomic E-state index is 0.599. The molecule has 0 aliphatic rings. The van der Waals surface area contributed by atoms with Gasteiger partial charge in [-0.2, -0.15) is 0 Å². The van der Waals surface area contributed by atoms with E-state index in [2.05, 4.69) is 10.2 Å². The molecule has 6 heteroatoms. The van der Waals surface area contributed by atoms with Gasteiger partial charge in [0.2, 0.25) is 0 Å². The Morgan fingerprint density at radius 1 is 1.53 bits per heavy atom. The van der Waals surface area contributed by atoms with E-state index in [1.54, 1.807) is 6.33 Å². The predicted octanol–water partition coefficient (Wildman–Crippen LogP) is 1.06. The molecule has 0 saturated heterocycles. The smallest absolute Gasteiger partial charge is 0.198 e. The maximum absolute atomic E-state index is 5.55. The Morgan fingerprint density at radius 2 is 2.40 bits per heavy atom. The van der Waals surface area contributed by atoms with Crippen molar-refractivity contribution in [3.63, 3.8) is 0 Å². The van der Waals surface area contributed by atoms with Crippen molar-refractivity contribution in [3.8, 4) is 0 Å². The zero-order valence-corrected chi connectivity index (χ0v) is 9.20. The SMILES string of the molecule is Cn1cnnc1Sc1ccc(CCN)o1. The van der Waals surface area contributed by atoms with E-state index in [1.807, 2.05) is 23.7 Å². The average molecular weight is 224 g/mol. The Balaban J connectivity index is 2.08. The number of nitrogens with two attached hydrogens (primary N) is 1. The Kier molecular flexibility index (Phi) is 3.08. The molecule has 0 aliphatic heterocycles. The summed E-state index contributed by atoms with van der Waals surface area (Å²) in [5, 5.41) is 9.37. The normalized spacial score (nSPS) is 10.8. The van der Waals surface area contributed by atoms with Gasteiger partial charge in [-0.25, -0.2) is 0 Å². The van der Waals surface area contributed by atoms with E-state index in [0.29, 0.717) is 6.54 Å². The molecule has 0 saturated carbocycles. The first-order valence-electron chi connectivity index (χ1n) is 4.60. The van der Waals surface area contributed by atoms with Gasteiger partial charge in [-0.1, -0.05) is 0 Å². The molecule has 5 nitrogen and oxygen atoms in total. The second-order valence-corrected chi connectivity index (χ2v) is 4.06. The summed E-state index contributed by atoms with van der Waals surface area (Å²) in [5.74, 6) is 0.905. The van der Waals surface area contributed by atoms with E-state index in [0.717, 1.165) is 22.4 Å². The Labute approximate surface area is 91.7 Å². The lowest BCUT2D eigenvalue weighted by molar-refractivity contribution is 0.432. The molecule has 0 aliphatic carbocycles. The van der Waals surface area contributed by atoms with Crippen molar-refractivity contribution in [3.05, 3.63) is 24.2 Å². The van der Waals surface area contributed by atoms with Crippen LogP contribution in [-0.2, 0) is 13.5 Å². The third-order valence-corrected chi connectivity index (χ3v) is 2.86. The highest BCUT2D eigenvalue weighted by Crippen LogP contribution is 2.27. The van der Waals surface area contributed by atoms with Crippen LogP contribution in [0.3, 0.4) is 0 Å². The molecule has 80 valence electrons. The van der Waals surface area contributed by atoms with E-state index >= 15 is 0 Å². The van der Waals surface area contributed by atoms with E-state index in [1.165, 1.54) is 11.8 Å². The maximum Gasteiger partial charge on any atom is 0.198 e. The van der Waals surface area contributed by atoms with Crippen molar-refractivity contribution in [2.24, 2.45) is 12.8 Å². The van der Waals surface area contributed by atoms with Gasteiger partial charge in [0.15, 0.2) is 10.2 Å². The Morgan fingerprint density at radius 3 is 3.07 bits per heavy atom. The highest BCUT2D eigenvalue weighted by Gasteiger charge is 2.07. The zero-order chi connectivity index (χ0) is 10.7. The first kappa shape index (κ1) is 10.3. The predicted molar refractivity (Wildman–Crippen MR) is 56.6 cm³/mol. The highest BCUT2D eigenvalue weighted by molar-refractivity contribution is 7.99. The van der Waals surface area contributed by atoms with Gasteiger partial charge in [0.25, 0.3) is 0 Å². The first-order chi connectivity index (χ1) is 7.29. The second kappa shape index (κ2) is 4.50. The van der Waals surface area contributed by atoms with Crippen LogP contribution in [0.25, 0.3) is 0 Å². The fraction of sp³-hybridized carbons (Fsp3) is 0.333. The maximum atomic E-state index is 5.55. The van der Waals surface area contributed by atoms with E-state index in [9.17, 15) is 0 Å². The number of furan rings is 1. The molecular formula is C9H12N4OS. The first-order valence-corrected chi connectivity index (χ1v) is 5.42. The number of hydrogen-bond donors (Lipinski definition) is 1. The topological polar surface area (TPSA) is 69.9 Å². The van der Waals surface area contributed by atoms with Crippen LogP contribution in [0.4, 0.5) is 0 Å². The number of hydrogen-bond acceptors (Lipinski definition) is 5. The lowest BCUT2D eigenvalue weighted by Crippen LogP contribution is -2.01. The summed E-state index contributed by atoms with van der Waals surface area (Å²) in [4.78, 5) is 0. The molecule has 0 spiro atoms. The van der Waals surface area contributed by atoms with Crippen LogP contribution < -0.4 is 5.73 Å². The monoisotopic (exact) mass is 224 g/mol. The van der Waals surface area contributed by atoms with Crippen molar-refractivity contribution >= 4 is 11.8 Å². The molecule has 0 bridgehead atoms. The van der Waals surface area contributed by atoms with Gasteiger partial charge in [0.1, 0.15) is 12.1 Å². The highest BCUT2D eigenvalue weighted by atomic mass is 32.2. The fourth-order valence-corrected chi connectivity index (χ4v) is 1.89.